The van der Waals surface area contributed by atoms with Crippen LogP contribution in [0.2, 0.25) is 0 Å². The third kappa shape index (κ3) is 3.21. The molecule has 1 N–H and O–H groups in total. The molecule has 0 radical (unpaired) electrons. The first kappa shape index (κ1) is 13.8. The summed E-state index contributed by atoms with van der Waals surface area (Å²) >= 11 is 0. The van der Waals surface area contributed by atoms with Crippen molar-refractivity contribution in [3.8, 4) is 0 Å². The highest BCUT2D eigenvalue weighted by atomic mass is 19.1. The Balaban J connectivity index is 2.41. The maximum Gasteiger partial charge on any atom is 0.123 e. The molecule has 0 aliphatic rings. The Morgan fingerprint density at radius 1 is 1.05 bits per heavy atom. The summed E-state index contributed by atoms with van der Waals surface area (Å²) < 4.78 is 13.2. The van der Waals surface area contributed by atoms with Gasteiger partial charge in [-0.3, -0.25) is 0 Å². The van der Waals surface area contributed by atoms with Crippen LogP contribution >= 0.6 is 0 Å². The molecular formula is C17H20FN. The minimum Gasteiger partial charge on any atom is -0.307 e. The van der Waals surface area contributed by atoms with Crippen LogP contribution in [0.15, 0.2) is 42.5 Å². The summed E-state index contributed by atoms with van der Waals surface area (Å²) in [6.45, 7) is 6.99. The molecule has 2 aromatic rings. The van der Waals surface area contributed by atoms with Gasteiger partial charge >= 0.3 is 0 Å². The number of rotatable bonds is 4. The van der Waals surface area contributed by atoms with Gasteiger partial charge in [0.2, 0.25) is 0 Å². The summed E-state index contributed by atoms with van der Waals surface area (Å²) in [6, 6.07) is 13.6. The second-order valence-electron chi connectivity index (χ2n) is 4.90. The highest BCUT2D eigenvalue weighted by Gasteiger charge is 2.15. The van der Waals surface area contributed by atoms with Crippen molar-refractivity contribution in [2.24, 2.45) is 0 Å². The zero-order valence-corrected chi connectivity index (χ0v) is 11.7. The van der Waals surface area contributed by atoms with Crippen molar-refractivity contribution in [1.82, 2.24) is 5.32 Å². The average Bonchev–Trinajstić information content (AvgIpc) is 2.38. The van der Waals surface area contributed by atoms with Crippen molar-refractivity contribution in [2.75, 3.05) is 6.54 Å². The minimum absolute atomic E-state index is 0.117. The topological polar surface area (TPSA) is 12.0 Å². The Bertz CT molecular complexity index is 546. The normalized spacial score (nSPS) is 12.4. The number of nitrogens with one attached hydrogen (secondary N) is 1. The van der Waals surface area contributed by atoms with Crippen LogP contribution in [0.4, 0.5) is 4.39 Å². The lowest BCUT2D eigenvalue weighted by Crippen LogP contribution is -2.22. The molecule has 2 heteroatoms. The van der Waals surface area contributed by atoms with Crippen LogP contribution in [0.3, 0.4) is 0 Å². The lowest BCUT2D eigenvalue weighted by Gasteiger charge is -2.21. The van der Waals surface area contributed by atoms with Gasteiger partial charge in [0.15, 0.2) is 0 Å². The van der Waals surface area contributed by atoms with Gasteiger partial charge in [0.05, 0.1) is 6.04 Å². The molecule has 0 saturated carbocycles. The summed E-state index contributed by atoms with van der Waals surface area (Å²) in [5.74, 6) is -0.180. The van der Waals surface area contributed by atoms with Crippen LogP contribution in [0.5, 0.6) is 0 Å². The van der Waals surface area contributed by atoms with Gasteiger partial charge in [-0.25, -0.2) is 4.39 Å². The quantitative estimate of drug-likeness (QED) is 0.868. The monoisotopic (exact) mass is 257 g/mol. The number of halogens is 1. The molecule has 1 atom stereocenters. The first-order chi connectivity index (χ1) is 9.11. The predicted octanol–water partition coefficient (Wildman–Crippen LogP) is 4.14. The van der Waals surface area contributed by atoms with E-state index in [-0.39, 0.29) is 11.9 Å². The van der Waals surface area contributed by atoms with E-state index in [1.165, 1.54) is 17.2 Å². The Labute approximate surface area is 114 Å². The van der Waals surface area contributed by atoms with Gasteiger partial charge in [-0.15, -0.1) is 0 Å². The van der Waals surface area contributed by atoms with E-state index in [1.54, 1.807) is 6.07 Å². The van der Waals surface area contributed by atoms with Crippen molar-refractivity contribution in [3.63, 3.8) is 0 Å². The largest absolute Gasteiger partial charge is 0.307 e. The van der Waals surface area contributed by atoms with Gasteiger partial charge in [0.1, 0.15) is 5.82 Å². The highest BCUT2D eigenvalue weighted by molar-refractivity contribution is 5.38. The molecule has 0 spiro atoms. The second-order valence-corrected chi connectivity index (χ2v) is 4.90. The van der Waals surface area contributed by atoms with Crippen LogP contribution in [0.1, 0.15) is 35.2 Å². The van der Waals surface area contributed by atoms with E-state index in [1.807, 2.05) is 13.0 Å². The van der Waals surface area contributed by atoms with Crippen LogP contribution < -0.4 is 5.32 Å². The van der Waals surface area contributed by atoms with Gasteiger partial charge in [-0.2, -0.15) is 0 Å². The third-order valence-electron chi connectivity index (χ3n) is 3.36. The third-order valence-corrected chi connectivity index (χ3v) is 3.36. The lowest BCUT2D eigenvalue weighted by atomic mass is 9.94. The molecule has 2 aromatic carbocycles. The van der Waals surface area contributed by atoms with E-state index in [0.717, 1.165) is 17.7 Å². The Morgan fingerprint density at radius 3 is 2.32 bits per heavy atom. The van der Waals surface area contributed by atoms with Crippen LogP contribution in [-0.4, -0.2) is 6.54 Å². The van der Waals surface area contributed by atoms with Gasteiger partial charge in [0.25, 0.3) is 0 Å². The number of aryl methyl sites for hydroxylation is 2. The highest BCUT2D eigenvalue weighted by Crippen LogP contribution is 2.25. The smallest absolute Gasteiger partial charge is 0.123 e. The first-order valence-electron chi connectivity index (χ1n) is 6.68. The molecule has 0 aliphatic heterocycles. The molecule has 1 unspecified atom stereocenters. The Morgan fingerprint density at radius 2 is 1.74 bits per heavy atom. The van der Waals surface area contributed by atoms with Crippen LogP contribution in [0, 0.1) is 19.7 Å². The van der Waals surface area contributed by atoms with Crippen LogP contribution in [-0.2, 0) is 0 Å². The van der Waals surface area contributed by atoms with E-state index in [4.69, 9.17) is 0 Å². The van der Waals surface area contributed by atoms with Crippen LogP contribution in [0.25, 0.3) is 0 Å². The fraction of sp³-hybridized carbons (Fsp3) is 0.294. The average molecular weight is 257 g/mol. The summed E-state index contributed by atoms with van der Waals surface area (Å²) in [7, 11) is 0. The summed E-state index contributed by atoms with van der Waals surface area (Å²) in [4.78, 5) is 0. The molecular weight excluding hydrogens is 237 g/mol. The fourth-order valence-electron chi connectivity index (χ4n) is 2.33. The van der Waals surface area contributed by atoms with E-state index >= 15 is 0 Å². The zero-order chi connectivity index (χ0) is 13.8. The molecule has 100 valence electrons. The molecule has 0 aromatic heterocycles. The maximum atomic E-state index is 13.2. The minimum atomic E-state index is -0.180. The van der Waals surface area contributed by atoms with Crippen molar-refractivity contribution < 1.29 is 4.39 Å². The van der Waals surface area contributed by atoms with E-state index < -0.39 is 0 Å². The summed E-state index contributed by atoms with van der Waals surface area (Å²) in [5, 5.41) is 3.47. The van der Waals surface area contributed by atoms with E-state index in [9.17, 15) is 4.39 Å². The van der Waals surface area contributed by atoms with Crippen molar-refractivity contribution in [2.45, 2.75) is 26.8 Å². The molecule has 0 fully saturated rings. The number of hydrogen-bond donors (Lipinski definition) is 1. The van der Waals surface area contributed by atoms with E-state index in [0.29, 0.717) is 0 Å². The van der Waals surface area contributed by atoms with Gasteiger partial charge < -0.3 is 5.32 Å². The molecule has 0 amide bonds. The predicted molar refractivity (Wildman–Crippen MR) is 77.8 cm³/mol. The molecule has 2 rings (SSSR count). The Kier molecular flexibility index (Phi) is 4.33. The van der Waals surface area contributed by atoms with Gasteiger partial charge in [0, 0.05) is 0 Å². The van der Waals surface area contributed by atoms with Crippen molar-refractivity contribution >= 4 is 0 Å². The standard InChI is InChI=1S/C17H20FN/c1-4-19-17(14-7-5-12(2)6-8-14)16-10-9-15(18)11-13(16)3/h5-11,17,19H,4H2,1-3H3. The maximum absolute atomic E-state index is 13.2. The first-order valence-corrected chi connectivity index (χ1v) is 6.68. The molecule has 1 nitrogen and oxygen atoms in total. The molecule has 19 heavy (non-hydrogen) atoms. The fourth-order valence-corrected chi connectivity index (χ4v) is 2.33. The van der Waals surface area contributed by atoms with E-state index in [2.05, 4.69) is 43.4 Å². The van der Waals surface area contributed by atoms with Crippen molar-refractivity contribution in [3.05, 3.63) is 70.5 Å². The molecule has 0 bridgehead atoms. The number of hydrogen-bond acceptors (Lipinski definition) is 1. The summed E-state index contributed by atoms with van der Waals surface area (Å²) in [5.41, 5.74) is 4.57. The molecule has 0 heterocycles. The SMILES string of the molecule is CCNC(c1ccc(C)cc1)c1ccc(F)cc1C. The summed E-state index contributed by atoms with van der Waals surface area (Å²) in [6.07, 6.45) is 0. The molecule has 0 saturated heterocycles. The lowest BCUT2D eigenvalue weighted by molar-refractivity contribution is 0.610. The van der Waals surface area contributed by atoms with Gasteiger partial charge in [-0.05, 0) is 49.2 Å². The zero-order valence-electron chi connectivity index (χ0n) is 11.7. The van der Waals surface area contributed by atoms with Crippen molar-refractivity contribution in [1.29, 1.82) is 0 Å². The Hall–Kier alpha value is -1.67. The van der Waals surface area contributed by atoms with Gasteiger partial charge in [-0.1, -0.05) is 42.8 Å². The second kappa shape index (κ2) is 5.98. The number of benzene rings is 2. The molecule has 0 aliphatic carbocycles.